The third-order valence-corrected chi connectivity index (χ3v) is 3.55. The Bertz CT molecular complexity index is 356. The molecular weight excluding hydrogens is 184 g/mol. The van der Waals surface area contributed by atoms with E-state index in [2.05, 4.69) is 43.3 Å². The molecule has 0 fully saturated rings. The number of fused-ring (bicyclic) bond motifs is 1. The Morgan fingerprint density at radius 1 is 1.40 bits per heavy atom. The Balaban J connectivity index is 2.36. The van der Waals surface area contributed by atoms with Gasteiger partial charge in [0.05, 0.1) is 0 Å². The van der Waals surface area contributed by atoms with Gasteiger partial charge in [-0.2, -0.15) is 0 Å². The predicted octanol–water partition coefficient (Wildman–Crippen LogP) is 2.41. The summed E-state index contributed by atoms with van der Waals surface area (Å²) in [5.41, 5.74) is 4.29. The zero-order valence-corrected chi connectivity index (χ0v) is 9.93. The number of pyridine rings is 1. The standard InChI is InChI=1S/C13H20N2/c1-4-13(2,3)12-7-11-8-14-6-5-10(11)9-15-12/h7,9,14H,4-6,8H2,1-3H3. The Labute approximate surface area is 92.1 Å². The molecule has 1 aliphatic rings. The summed E-state index contributed by atoms with van der Waals surface area (Å²) >= 11 is 0. The Morgan fingerprint density at radius 2 is 2.20 bits per heavy atom. The number of nitrogens with zero attached hydrogens (tertiary/aromatic N) is 1. The molecule has 1 aliphatic heterocycles. The molecule has 0 aromatic carbocycles. The van der Waals surface area contributed by atoms with Crippen molar-refractivity contribution in [2.45, 2.75) is 45.6 Å². The van der Waals surface area contributed by atoms with Crippen molar-refractivity contribution in [2.75, 3.05) is 6.54 Å². The maximum atomic E-state index is 4.61. The normalized spacial score (nSPS) is 16.2. The summed E-state index contributed by atoms with van der Waals surface area (Å²) in [5.74, 6) is 0. The molecule has 0 bridgehead atoms. The van der Waals surface area contributed by atoms with Gasteiger partial charge in [-0.05, 0) is 36.6 Å². The van der Waals surface area contributed by atoms with Gasteiger partial charge in [0.1, 0.15) is 0 Å². The molecule has 82 valence electrons. The first-order chi connectivity index (χ1) is 7.13. The highest BCUT2D eigenvalue weighted by Gasteiger charge is 2.21. The molecular formula is C13H20N2. The molecule has 2 heteroatoms. The Hall–Kier alpha value is -0.890. The maximum Gasteiger partial charge on any atom is 0.0463 e. The number of hydrogen-bond donors (Lipinski definition) is 1. The molecule has 0 saturated heterocycles. The third kappa shape index (κ3) is 2.05. The van der Waals surface area contributed by atoms with Gasteiger partial charge in [-0.25, -0.2) is 0 Å². The van der Waals surface area contributed by atoms with E-state index < -0.39 is 0 Å². The summed E-state index contributed by atoms with van der Waals surface area (Å²) < 4.78 is 0. The molecule has 1 N–H and O–H groups in total. The molecule has 0 amide bonds. The van der Waals surface area contributed by atoms with Crippen LogP contribution in [0.2, 0.25) is 0 Å². The van der Waals surface area contributed by atoms with E-state index in [1.807, 2.05) is 0 Å². The minimum Gasteiger partial charge on any atom is -0.312 e. The summed E-state index contributed by atoms with van der Waals surface area (Å²) in [5, 5.41) is 3.41. The summed E-state index contributed by atoms with van der Waals surface area (Å²) in [4.78, 5) is 4.61. The van der Waals surface area contributed by atoms with E-state index in [0.29, 0.717) is 0 Å². The lowest BCUT2D eigenvalue weighted by atomic mass is 9.84. The first-order valence-electron chi connectivity index (χ1n) is 5.82. The summed E-state index contributed by atoms with van der Waals surface area (Å²) in [6, 6.07) is 2.28. The molecule has 1 aromatic rings. The van der Waals surface area contributed by atoms with Crippen molar-refractivity contribution < 1.29 is 0 Å². The van der Waals surface area contributed by atoms with Crippen LogP contribution in [0.3, 0.4) is 0 Å². The van der Waals surface area contributed by atoms with Crippen molar-refractivity contribution in [2.24, 2.45) is 0 Å². The van der Waals surface area contributed by atoms with E-state index in [4.69, 9.17) is 0 Å². The minimum absolute atomic E-state index is 0.201. The summed E-state index contributed by atoms with van der Waals surface area (Å²) in [7, 11) is 0. The Kier molecular flexibility index (Phi) is 2.79. The van der Waals surface area contributed by atoms with Gasteiger partial charge in [-0.1, -0.05) is 20.8 Å². The van der Waals surface area contributed by atoms with Gasteiger partial charge in [-0.15, -0.1) is 0 Å². The van der Waals surface area contributed by atoms with E-state index in [1.54, 1.807) is 0 Å². The predicted molar refractivity (Wildman–Crippen MR) is 63.0 cm³/mol. The van der Waals surface area contributed by atoms with E-state index in [-0.39, 0.29) is 5.41 Å². The van der Waals surface area contributed by atoms with Gasteiger partial charge in [-0.3, -0.25) is 4.98 Å². The second-order valence-electron chi connectivity index (χ2n) is 5.00. The molecule has 2 heterocycles. The van der Waals surface area contributed by atoms with Crippen molar-refractivity contribution in [1.82, 2.24) is 10.3 Å². The highest BCUT2D eigenvalue weighted by Crippen LogP contribution is 2.26. The molecule has 2 rings (SSSR count). The molecule has 1 aromatic heterocycles. The van der Waals surface area contributed by atoms with Crippen LogP contribution in [-0.4, -0.2) is 11.5 Å². The fourth-order valence-electron chi connectivity index (χ4n) is 1.91. The minimum atomic E-state index is 0.201. The van der Waals surface area contributed by atoms with E-state index in [0.717, 1.165) is 25.9 Å². The van der Waals surface area contributed by atoms with Gasteiger partial charge < -0.3 is 5.32 Å². The van der Waals surface area contributed by atoms with E-state index >= 15 is 0 Å². The number of aromatic nitrogens is 1. The molecule has 0 atom stereocenters. The molecule has 2 nitrogen and oxygen atoms in total. The van der Waals surface area contributed by atoms with E-state index in [1.165, 1.54) is 16.8 Å². The monoisotopic (exact) mass is 204 g/mol. The third-order valence-electron chi connectivity index (χ3n) is 3.55. The van der Waals surface area contributed by atoms with Crippen molar-refractivity contribution in [3.63, 3.8) is 0 Å². The van der Waals surface area contributed by atoms with Crippen LogP contribution in [-0.2, 0) is 18.4 Å². The quantitative estimate of drug-likeness (QED) is 0.800. The van der Waals surface area contributed by atoms with Crippen LogP contribution in [0.15, 0.2) is 12.3 Å². The topological polar surface area (TPSA) is 24.9 Å². The lowest BCUT2D eigenvalue weighted by molar-refractivity contribution is 0.487. The summed E-state index contributed by atoms with van der Waals surface area (Å²) in [6.45, 7) is 8.84. The first kappa shape index (κ1) is 10.6. The number of nitrogens with one attached hydrogen (secondary N) is 1. The van der Waals surface area contributed by atoms with E-state index in [9.17, 15) is 0 Å². The Morgan fingerprint density at radius 3 is 2.93 bits per heavy atom. The molecule has 0 saturated carbocycles. The average Bonchev–Trinajstić information content (AvgIpc) is 2.28. The van der Waals surface area contributed by atoms with Crippen molar-refractivity contribution in [1.29, 1.82) is 0 Å². The fraction of sp³-hybridized carbons (Fsp3) is 0.615. The van der Waals surface area contributed by atoms with Crippen LogP contribution in [0.1, 0.15) is 44.0 Å². The lowest BCUT2D eigenvalue weighted by Gasteiger charge is -2.25. The highest BCUT2D eigenvalue weighted by atomic mass is 14.9. The smallest absolute Gasteiger partial charge is 0.0463 e. The van der Waals surface area contributed by atoms with Crippen LogP contribution in [0.4, 0.5) is 0 Å². The highest BCUT2D eigenvalue weighted by molar-refractivity contribution is 5.31. The second kappa shape index (κ2) is 3.93. The number of hydrogen-bond acceptors (Lipinski definition) is 2. The van der Waals surface area contributed by atoms with Gasteiger partial charge in [0.15, 0.2) is 0 Å². The summed E-state index contributed by atoms with van der Waals surface area (Å²) in [6.07, 6.45) is 4.32. The van der Waals surface area contributed by atoms with Gasteiger partial charge >= 0.3 is 0 Å². The SMILES string of the molecule is CCC(C)(C)c1cc2c(cn1)CCNC2. The zero-order valence-electron chi connectivity index (χ0n) is 9.93. The van der Waals surface area contributed by atoms with Crippen molar-refractivity contribution in [3.05, 3.63) is 29.1 Å². The van der Waals surface area contributed by atoms with Crippen molar-refractivity contribution >= 4 is 0 Å². The van der Waals surface area contributed by atoms with Gasteiger partial charge in [0, 0.05) is 23.9 Å². The van der Waals surface area contributed by atoms with Crippen LogP contribution in [0.25, 0.3) is 0 Å². The molecule has 0 radical (unpaired) electrons. The maximum absolute atomic E-state index is 4.61. The first-order valence-corrected chi connectivity index (χ1v) is 5.82. The van der Waals surface area contributed by atoms with Gasteiger partial charge in [0.2, 0.25) is 0 Å². The fourth-order valence-corrected chi connectivity index (χ4v) is 1.91. The van der Waals surface area contributed by atoms with Gasteiger partial charge in [0.25, 0.3) is 0 Å². The molecule has 15 heavy (non-hydrogen) atoms. The van der Waals surface area contributed by atoms with Crippen LogP contribution < -0.4 is 5.32 Å². The zero-order chi connectivity index (χ0) is 10.9. The van der Waals surface area contributed by atoms with Crippen LogP contribution in [0.5, 0.6) is 0 Å². The average molecular weight is 204 g/mol. The molecule has 0 aliphatic carbocycles. The largest absolute Gasteiger partial charge is 0.312 e. The van der Waals surface area contributed by atoms with Crippen molar-refractivity contribution in [3.8, 4) is 0 Å². The van der Waals surface area contributed by atoms with Crippen LogP contribution >= 0.6 is 0 Å². The molecule has 0 unspecified atom stereocenters. The lowest BCUT2D eigenvalue weighted by Crippen LogP contribution is -2.25. The second-order valence-corrected chi connectivity index (χ2v) is 5.00. The molecule has 0 spiro atoms. The number of rotatable bonds is 2. The van der Waals surface area contributed by atoms with Crippen LogP contribution in [0, 0.1) is 0 Å².